The highest BCUT2D eigenvalue weighted by molar-refractivity contribution is 9.10. The lowest BCUT2D eigenvalue weighted by atomic mass is 10.1. The molecule has 9 nitrogen and oxygen atoms in total. The number of hydrogen-bond acceptors (Lipinski definition) is 8. The maximum absolute atomic E-state index is 12.7. The molecule has 0 saturated heterocycles. The van der Waals surface area contributed by atoms with Gasteiger partial charge >= 0.3 is 11.9 Å². The second-order valence-corrected chi connectivity index (χ2v) is 8.92. The van der Waals surface area contributed by atoms with Crippen molar-refractivity contribution in [3.05, 3.63) is 103 Å². The zero-order chi connectivity index (χ0) is 26.7. The molecule has 0 bridgehead atoms. The van der Waals surface area contributed by atoms with Crippen LogP contribution in [0.5, 0.6) is 11.5 Å². The van der Waals surface area contributed by atoms with E-state index in [1.807, 2.05) is 19.1 Å². The summed E-state index contributed by atoms with van der Waals surface area (Å²) in [6.07, 6.45) is 1.49. The van der Waals surface area contributed by atoms with E-state index >= 15 is 0 Å². The number of nitrogens with zero attached hydrogens (tertiary/aromatic N) is 2. The fraction of sp³-hybridized carbons (Fsp3) is 0.148. The summed E-state index contributed by atoms with van der Waals surface area (Å²) in [6.45, 7) is 5.58. The summed E-state index contributed by atoms with van der Waals surface area (Å²) in [4.78, 5) is 40.2. The van der Waals surface area contributed by atoms with Crippen LogP contribution in [0.15, 0.2) is 69.8 Å². The van der Waals surface area contributed by atoms with Crippen LogP contribution in [0.2, 0.25) is 0 Å². The van der Waals surface area contributed by atoms with Crippen LogP contribution in [0, 0.1) is 24.0 Å². The predicted octanol–water partition coefficient (Wildman–Crippen LogP) is 5.94. The molecule has 3 aromatic carbocycles. The number of nitro groups is 1. The molecule has 4 rings (SSSR count). The van der Waals surface area contributed by atoms with Crippen molar-refractivity contribution in [1.29, 1.82) is 0 Å². The average Bonchev–Trinajstić information content (AvgIpc) is 3.21. The number of aliphatic imine (C=N–C) groups is 1. The molecular formula is C27H21BrN2O7. The Hall–Kier alpha value is -4.31. The Labute approximate surface area is 220 Å². The van der Waals surface area contributed by atoms with Crippen LogP contribution in [0.1, 0.15) is 39.5 Å². The smallest absolute Gasteiger partial charge is 0.363 e. The highest BCUT2D eigenvalue weighted by atomic mass is 79.9. The van der Waals surface area contributed by atoms with Crippen molar-refractivity contribution in [2.45, 2.75) is 20.8 Å². The van der Waals surface area contributed by atoms with Gasteiger partial charge in [-0.1, -0.05) is 23.8 Å². The van der Waals surface area contributed by atoms with Crippen molar-refractivity contribution in [1.82, 2.24) is 0 Å². The zero-order valence-corrected chi connectivity index (χ0v) is 21.7. The van der Waals surface area contributed by atoms with E-state index in [0.29, 0.717) is 33.3 Å². The van der Waals surface area contributed by atoms with E-state index in [4.69, 9.17) is 14.2 Å². The Morgan fingerprint density at radius 2 is 1.89 bits per heavy atom. The number of benzene rings is 3. The van der Waals surface area contributed by atoms with E-state index in [2.05, 4.69) is 20.9 Å². The number of hydrogen-bond donors (Lipinski definition) is 0. The topological polar surface area (TPSA) is 117 Å². The fourth-order valence-corrected chi connectivity index (χ4v) is 4.15. The van der Waals surface area contributed by atoms with Gasteiger partial charge in [0.15, 0.2) is 17.2 Å². The molecule has 0 aromatic heterocycles. The Morgan fingerprint density at radius 3 is 2.57 bits per heavy atom. The molecule has 0 amide bonds. The van der Waals surface area contributed by atoms with Gasteiger partial charge in [-0.3, -0.25) is 10.1 Å². The Morgan fingerprint density at radius 1 is 1.16 bits per heavy atom. The van der Waals surface area contributed by atoms with Gasteiger partial charge in [-0.15, -0.1) is 0 Å². The van der Waals surface area contributed by atoms with Crippen LogP contribution in [-0.4, -0.2) is 29.4 Å². The summed E-state index contributed by atoms with van der Waals surface area (Å²) in [5, 5.41) is 11.3. The number of halogens is 1. The summed E-state index contributed by atoms with van der Waals surface area (Å²) in [5.41, 5.74) is 2.51. The molecule has 1 aliphatic heterocycles. The van der Waals surface area contributed by atoms with E-state index < -0.39 is 16.9 Å². The average molecular weight is 565 g/mol. The lowest BCUT2D eigenvalue weighted by Crippen LogP contribution is -2.10. The van der Waals surface area contributed by atoms with Gasteiger partial charge in [-0.25, -0.2) is 14.6 Å². The van der Waals surface area contributed by atoms with E-state index in [9.17, 15) is 19.7 Å². The van der Waals surface area contributed by atoms with Gasteiger partial charge in [0.25, 0.3) is 5.69 Å². The second-order valence-electron chi connectivity index (χ2n) is 8.06. The number of carbonyl (C=O) groups is 2. The maximum Gasteiger partial charge on any atom is 0.363 e. The molecule has 1 heterocycles. The lowest BCUT2D eigenvalue weighted by Gasteiger charge is -2.13. The van der Waals surface area contributed by atoms with Crippen LogP contribution in [0.3, 0.4) is 0 Å². The third-order valence-corrected chi connectivity index (χ3v) is 6.06. The number of aryl methyl sites for hydroxylation is 1. The van der Waals surface area contributed by atoms with Crippen LogP contribution in [0.4, 0.5) is 5.69 Å². The molecule has 1 aliphatic rings. The van der Waals surface area contributed by atoms with Crippen molar-refractivity contribution in [2.24, 2.45) is 4.99 Å². The van der Waals surface area contributed by atoms with Crippen LogP contribution >= 0.6 is 15.9 Å². The summed E-state index contributed by atoms with van der Waals surface area (Å²) in [7, 11) is 0. The highest BCUT2D eigenvalue weighted by Crippen LogP contribution is 2.38. The molecule has 0 unspecified atom stereocenters. The van der Waals surface area contributed by atoms with Gasteiger partial charge in [-0.05, 0) is 78.7 Å². The second kappa shape index (κ2) is 10.8. The van der Waals surface area contributed by atoms with E-state index in [0.717, 1.165) is 5.56 Å². The quantitative estimate of drug-likeness (QED) is 0.114. The zero-order valence-electron chi connectivity index (χ0n) is 20.1. The predicted molar refractivity (Wildman–Crippen MR) is 140 cm³/mol. The first kappa shape index (κ1) is 25.8. The summed E-state index contributed by atoms with van der Waals surface area (Å²) in [6, 6.07) is 14.7. The minimum Gasteiger partial charge on any atom is -0.490 e. The van der Waals surface area contributed by atoms with E-state index in [-0.39, 0.29) is 28.8 Å². The van der Waals surface area contributed by atoms with Crippen molar-refractivity contribution in [3.8, 4) is 11.5 Å². The third kappa shape index (κ3) is 5.59. The summed E-state index contributed by atoms with van der Waals surface area (Å²) < 4.78 is 17.0. The SMILES string of the molecule is CCOc1cc(/C=C2\N=C(c3cccc([N+](=O)[O-])c3C)OC2=O)cc(Br)c1OC(=O)c1ccc(C)cc1. The lowest BCUT2D eigenvalue weighted by molar-refractivity contribution is -0.385. The van der Waals surface area contributed by atoms with Crippen LogP contribution in [0.25, 0.3) is 6.08 Å². The Bertz CT molecular complexity index is 1480. The minimum atomic E-state index is -0.704. The van der Waals surface area contributed by atoms with Crippen molar-refractivity contribution < 1.29 is 28.7 Å². The molecule has 0 N–H and O–H groups in total. The van der Waals surface area contributed by atoms with E-state index in [1.165, 1.54) is 18.2 Å². The van der Waals surface area contributed by atoms with Crippen LogP contribution < -0.4 is 9.47 Å². The first-order chi connectivity index (χ1) is 17.7. The fourth-order valence-electron chi connectivity index (χ4n) is 3.61. The van der Waals surface area contributed by atoms with Gasteiger partial charge in [0.1, 0.15) is 0 Å². The molecule has 3 aromatic rings. The molecule has 37 heavy (non-hydrogen) atoms. The molecule has 0 spiro atoms. The number of carbonyl (C=O) groups excluding carboxylic acids is 2. The molecule has 10 heteroatoms. The molecule has 188 valence electrons. The van der Waals surface area contributed by atoms with Crippen molar-refractivity contribution >= 4 is 45.5 Å². The van der Waals surface area contributed by atoms with Crippen molar-refractivity contribution in [3.63, 3.8) is 0 Å². The molecule has 0 atom stereocenters. The Balaban J connectivity index is 1.67. The third-order valence-electron chi connectivity index (χ3n) is 5.47. The molecule has 0 radical (unpaired) electrons. The van der Waals surface area contributed by atoms with Gasteiger partial charge < -0.3 is 14.2 Å². The van der Waals surface area contributed by atoms with E-state index in [1.54, 1.807) is 44.2 Å². The van der Waals surface area contributed by atoms with Gasteiger partial charge in [0.05, 0.1) is 21.6 Å². The minimum absolute atomic E-state index is 0.000320. The summed E-state index contributed by atoms with van der Waals surface area (Å²) >= 11 is 3.42. The Kier molecular flexibility index (Phi) is 7.49. The van der Waals surface area contributed by atoms with Crippen molar-refractivity contribution in [2.75, 3.05) is 6.61 Å². The maximum atomic E-state index is 12.7. The number of ether oxygens (including phenoxy) is 3. The summed E-state index contributed by atoms with van der Waals surface area (Å²) in [5.74, 6) is -0.794. The standard InChI is InChI=1S/C27H21BrN2O7/c1-4-35-23-14-17(12-20(28)24(23)36-26(31)18-10-8-15(2)9-11-18)13-21-27(32)37-25(29-21)19-6-5-7-22(16(19)3)30(33)34/h5-14H,4H2,1-3H3/b21-13-. The molecular weight excluding hydrogens is 544 g/mol. The first-order valence-corrected chi connectivity index (χ1v) is 12.0. The number of cyclic esters (lactones) is 1. The van der Waals surface area contributed by atoms with Gasteiger partial charge in [0, 0.05) is 17.2 Å². The number of rotatable bonds is 7. The molecule has 0 fully saturated rings. The van der Waals surface area contributed by atoms with Crippen LogP contribution in [-0.2, 0) is 9.53 Å². The number of esters is 2. The largest absolute Gasteiger partial charge is 0.490 e. The first-order valence-electron chi connectivity index (χ1n) is 11.2. The molecule has 0 aliphatic carbocycles. The monoisotopic (exact) mass is 564 g/mol. The van der Waals surface area contributed by atoms with Gasteiger partial charge in [0.2, 0.25) is 5.90 Å². The normalized spacial score (nSPS) is 13.8. The highest BCUT2D eigenvalue weighted by Gasteiger charge is 2.28. The number of nitro benzene ring substituents is 1. The van der Waals surface area contributed by atoms with Gasteiger partial charge in [-0.2, -0.15) is 0 Å². The molecule has 0 saturated carbocycles.